The van der Waals surface area contributed by atoms with Crippen LogP contribution < -0.4 is 0 Å². The Balaban J connectivity index is 2.01. The van der Waals surface area contributed by atoms with Gasteiger partial charge in [0, 0.05) is 18.8 Å². The van der Waals surface area contributed by atoms with Crippen LogP contribution in [0.25, 0.3) is 0 Å². The molecule has 1 aromatic heterocycles. The molecule has 20 heavy (non-hydrogen) atoms. The standard InChI is InChI=1S/C13H18F3N3O/c1-9(2)7-19(10-3-4-10)12(20)8-18-6-5-11(17-18)13(14,15)16/h5-6,9-10H,3-4,7-8H2,1-2H3. The molecule has 1 heterocycles. The summed E-state index contributed by atoms with van der Waals surface area (Å²) in [5.41, 5.74) is -0.966. The summed E-state index contributed by atoms with van der Waals surface area (Å²) in [7, 11) is 0. The van der Waals surface area contributed by atoms with Crippen molar-refractivity contribution in [1.82, 2.24) is 14.7 Å². The van der Waals surface area contributed by atoms with E-state index in [1.807, 2.05) is 13.8 Å². The smallest absolute Gasteiger partial charge is 0.338 e. The van der Waals surface area contributed by atoms with Gasteiger partial charge in [-0.25, -0.2) is 0 Å². The topological polar surface area (TPSA) is 38.1 Å². The molecule has 1 aliphatic carbocycles. The van der Waals surface area contributed by atoms with Gasteiger partial charge in [0.1, 0.15) is 6.54 Å². The van der Waals surface area contributed by atoms with Crippen LogP contribution in [0, 0.1) is 5.92 Å². The number of hydrogen-bond donors (Lipinski definition) is 0. The zero-order chi connectivity index (χ0) is 14.9. The van der Waals surface area contributed by atoms with E-state index in [1.165, 1.54) is 6.20 Å². The number of hydrogen-bond acceptors (Lipinski definition) is 2. The Morgan fingerprint density at radius 3 is 2.60 bits per heavy atom. The fourth-order valence-corrected chi connectivity index (χ4v) is 2.06. The summed E-state index contributed by atoms with van der Waals surface area (Å²) in [6, 6.07) is 1.14. The van der Waals surface area contributed by atoms with Crippen LogP contribution in [0.1, 0.15) is 32.4 Å². The highest BCUT2D eigenvalue weighted by Crippen LogP contribution is 2.29. The Labute approximate surface area is 115 Å². The minimum atomic E-state index is -4.47. The summed E-state index contributed by atoms with van der Waals surface area (Å²) in [6.45, 7) is 4.52. The van der Waals surface area contributed by atoms with Gasteiger partial charge in [-0.1, -0.05) is 13.8 Å². The molecule has 2 rings (SSSR count). The van der Waals surface area contributed by atoms with Crippen molar-refractivity contribution in [1.29, 1.82) is 0 Å². The molecule has 0 aromatic carbocycles. The second-order valence-electron chi connectivity index (χ2n) is 5.57. The third-order valence-corrected chi connectivity index (χ3v) is 3.10. The molecule has 7 heteroatoms. The summed E-state index contributed by atoms with van der Waals surface area (Å²) in [6.07, 6.45) is -1.32. The molecule has 0 saturated heterocycles. The van der Waals surface area contributed by atoms with Crippen molar-refractivity contribution in [3.63, 3.8) is 0 Å². The van der Waals surface area contributed by atoms with Gasteiger partial charge in [0.15, 0.2) is 5.69 Å². The average molecular weight is 289 g/mol. The predicted octanol–water partition coefficient (Wildman–Crippen LogP) is 2.55. The monoisotopic (exact) mass is 289 g/mol. The molecule has 4 nitrogen and oxygen atoms in total. The number of rotatable bonds is 5. The maximum absolute atomic E-state index is 12.4. The third-order valence-electron chi connectivity index (χ3n) is 3.10. The van der Waals surface area contributed by atoms with Crippen molar-refractivity contribution in [2.24, 2.45) is 5.92 Å². The van der Waals surface area contributed by atoms with Crippen LogP contribution in [0.5, 0.6) is 0 Å². The zero-order valence-corrected chi connectivity index (χ0v) is 11.5. The van der Waals surface area contributed by atoms with Crippen molar-refractivity contribution < 1.29 is 18.0 Å². The van der Waals surface area contributed by atoms with Gasteiger partial charge in [0.25, 0.3) is 0 Å². The molecule has 0 N–H and O–H groups in total. The third kappa shape index (κ3) is 3.74. The van der Waals surface area contributed by atoms with Crippen molar-refractivity contribution in [2.75, 3.05) is 6.54 Å². The SMILES string of the molecule is CC(C)CN(C(=O)Cn1ccc(C(F)(F)F)n1)C1CC1. The van der Waals surface area contributed by atoms with Gasteiger partial charge in [-0.05, 0) is 24.8 Å². The number of amides is 1. The molecule has 112 valence electrons. The summed E-state index contributed by atoms with van der Waals surface area (Å²) >= 11 is 0. The molecule has 0 radical (unpaired) electrons. The lowest BCUT2D eigenvalue weighted by Gasteiger charge is -2.24. The van der Waals surface area contributed by atoms with Gasteiger partial charge in [0.05, 0.1) is 0 Å². The van der Waals surface area contributed by atoms with E-state index < -0.39 is 11.9 Å². The van der Waals surface area contributed by atoms with Gasteiger partial charge in [-0.2, -0.15) is 18.3 Å². The number of aromatic nitrogens is 2. The fraction of sp³-hybridized carbons (Fsp3) is 0.692. The maximum Gasteiger partial charge on any atom is 0.435 e. The second-order valence-corrected chi connectivity index (χ2v) is 5.57. The van der Waals surface area contributed by atoms with E-state index in [0.717, 1.165) is 23.6 Å². The van der Waals surface area contributed by atoms with E-state index >= 15 is 0 Å². The summed E-state index contributed by atoms with van der Waals surface area (Å²) in [5, 5.41) is 3.41. The quantitative estimate of drug-likeness (QED) is 0.835. The van der Waals surface area contributed by atoms with Crippen LogP contribution in [0.3, 0.4) is 0 Å². The average Bonchev–Trinajstić information content (AvgIpc) is 3.04. The number of nitrogens with zero attached hydrogens (tertiary/aromatic N) is 3. The van der Waals surface area contributed by atoms with Crippen LogP contribution in [-0.4, -0.2) is 33.2 Å². The van der Waals surface area contributed by atoms with E-state index in [1.54, 1.807) is 4.90 Å². The molecule has 0 spiro atoms. The Hall–Kier alpha value is -1.53. The molecule has 0 aliphatic heterocycles. The van der Waals surface area contributed by atoms with Crippen molar-refractivity contribution >= 4 is 5.91 Å². The first kappa shape index (κ1) is 14.9. The Morgan fingerprint density at radius 1 is 1.50 bits per heavy atom. The van der Waals surface area contributed by atoms with Crippen LogP contribution in [-0.2, 0) is 17.5 Å². The fourth-order valence-electron chi connectivity index (χ4n) is 2.06. The summed E-state index contributed by atoms with van der Waals surface area (Å²) in [5.74, 6) is 0.168. The molecular weight excluding hydrogens is 271 g/mol. The summed E-state index contributed by atoms with van der Waals surface area (Å²) < 4.78 is 38.4. The number of halogens is 3. The van der Waals surface area contributed by atoms with E-state index in [2.05, 4.69) is 5.10 Å². The molecule has 0 atom stereocenters. The first-order valence-corrected chi connectivity index (χ1v) is 6.67. The second kappa shape index (κ2) is 5.46. The number of carbonyl (C=O) groups excluding carboxylic acids is 1. The van der Waals surface area contributed by atoms with E-state index in [9.17, 15) is 18.0 Å². The molecule has 1 fully saturated rings. The Morgan fingerprint density at radius 2 is 2.15 bits per heavy atom. The lowest BCUT2D eigenvalue weighted by Crippen LogP contribution is -2.38. The van der Waals surface area contributed by atoms with Crippen LogP contribution >= 0.6 is 0 Å². The normalized spacial score (nSPS) is 15.7. The van der Waals surface area contributed by atoms with Gasteiger partial charge in [-0.15, -0.1) is 0 Å². The lowest BCUT2D eigenvalue weighted by atomic mass is 10.2. The summed E-state index contributed by atoms with van der Waals surface area (Å²) in [4.78, 5) is 13.9. The molecular formula is C13H18F3N3O. The Bertz CT molecular complexity index is 477. The van der Waals surface area contributed by atoms with Crippen LogP contribution in [0.15, 0.2) is 12.3 Å². The highest BCUT2D eigenvalue weighted by Gasteiger charge is 2.35. The van der Waals surface area contributed by atoms with Crippen molar-refractivity contribution in [3.8, 4) is 0 Å². The maximum atomic E-state index is 12.4. The van der Waals surface area contributed by atoms with E-state index in [4.69, 9.17) is 0 Å². The molecule has 1 aromatic rings. The highest BCUT2D eigenvalue weighted by atomic mass is 19.4. The number of alkyl halides is 3. The molecule has 0 unspecified atom stereocenters. The molecule has 0 bridgehead atoms. The molecule has 1 aliphatic rings. The van der Waals surface area contributed by atoms with Crippen molar-refractivity contribution in [3.05, 3.63) is 18.0 Å². The first-order chi connectivity index (χ1) is 9.27. The lowest BCUT2D eigenvalue weighted by molar-refractivity contribution is -0.142. The highest BCUT2D eigenvalue weighted by molar-refractivity contribution is 5.76. The van der Waals surface area contributed by atoms with E-state index in [-0.39, 0.29) is 18.5 Å². The van der Waals surface area contributed by atoms with Crippen LogP contribution in [0.4, 0.5) is 13.2 Å². The van der Waals surface area contributed by atoms with E-state index in [0.29, 0.717) is 12.5 Å². The molecule has 1 amide bonds. The number of carbonyl (C=O) groups is 1. The minimum absolute atomic E-state index is 0.140. The van der Waals surface area contributed by atoms with Crippen LogP contribution in [0.2, 0.25) is 0 Å². The largest absolute Gasteiger partial charge is 0.435 e. The zero-order valence-electron chi connectivity index (χ0n) is 11.5. The van der Waals surface area contributed by atoms with Gasteiger partial charge in [0.2, 0.25) is 5.91 Å². The predicted molar refractivity (Wildman–Crippen MR) is 66.8 cm³/mol. The van der Waals surface area contributed by atoms with Gasteiger partial charge < -0.3 is 4.90 Å². The van der Waals surface area contributed by atoms with Gasteiger partial charge >= 0.3 is 6.18 Å². The minimum Gasteiger partial charge on any atom is -0.338 e. The molecule has 1 saturated carbocycles. The first-order valence-electron chi connectivity index (χ1n) is 6.67. The Kier molecular flexibility index (Phi) is 4.06. The van der Waals surface area contributed by atoms with Gasteiger partial charge in [-0.3, -0.25) is 9.48 Å². The van der Waals surface area contributed by atoms with Crippen molar-refractivity contribution in [2.45, 2.75) is 45.5 Å².